The Balaban J connectivity index is 1.58. The Bertz CT molecular complexity index is 1260. The van der Waals surface area contributed by atoms with Crippen molar-refractivity contribution in [3.05, 3.63) is 69.8 Å². The largest absolute Gasteiger partial charge is 0.465 e. The monoisotopic (exact) mass is 492 g/mol. The Morgan fingerprint density at radius 3 is 1.33 bits per heavy atom. The Kier molecular flexibility index (Phi) is 6.47. The second kappa shape index (κ2) is 9.53. The molecule has 0 unspecified atom stereocenters. The standard InChI is InChI=1S/C25H20N2O9/c1-3-35-19(28)11-26-22(31)15-7-5-13(9-17(15)24(26)33)21(30)14-6-8-16-18(10-14)25(34)27(23(16)32)12-20(29)36-4-2/h5-10H,3-4,11-12H2,1-2H3. The lowest BCUT2D eigenvalue weighted by Crippen LogP contribution is -2.35. The van der Waals surface area contributed by atoms with Crippen molar-refractivity contribution in [1.29, 1.82) is 0 Å². The van der Waals surface area contributed by atoms with E-state index in [-0.39, 0.29) is 46.6 Å². The molecule has 2 aromatic rings. The molecule has 4 rings (SSSR count). The zero-order valence-corrected chi connectivity index (χ0v) is 19.4. The molecule has 184 valence electrons. The fourth-order valence-electron chi connectivity index (χ4n) is 3.99. The minimum atomic E-state index is -0.738. The fraction of sp³-hybridized carbons (Fsp3) is 0.240. The smallest absolute Gasteiger partial charge is 0.326 e. The number of carbonyl (C=O) groups excluding carboxylic acids is 7. The van der Waals surface area contributed by atoms with Crippen LogP contribution in [0.1, 0.15) is 71.2 Å². The van der Waals surface area contributed by atoms with Crippen LogP contribution >= 0.6 is 0 Å². The molecule has 0 spiro atoms. The SMILES string of the molecule is CCOC(=O)CN1C(=O)c2ccc(C(=O)c3ccc4c(c3)C(=O)N(CC(=O)OCC)C4=O)cc2C1=O. The van der Waals surface area contributed by atoms with E-state index in [1.165, 1.54) is 36.4 Å². The van der Waals surface area contributed by atoms with Gasteiger partial charge in [-0.15, -0.1) is 0 Å². The highest BCUT2D eigenvalue weighted by molar-refractivity contribution is 6.25. The lowest BCUT2D eigenvalue weighted by Gasteiger charge is -2.12. The van der Waals surface area contributed by atoms with Crippen LogP contribution in [0, 0.1) is 0 Å². The summed E-state index contributed by atoms with van der Waals surface area (Å²) in [6, 6.07) is 7.84. The van der Waals surface area contributed by atoms with E-state index in [0.717, 1.165) is 9.80 Å². The first-order valence-electron chi connectivity index (χ1n) is 11.0. The molecule has 2 aromatic carbocycles. The van der Waals surface area contributed by atoms with Crippen molar-refractivity contribution in [2.75, 3.05) is 26.3 Å². The van der Waals surface area contributed by atoms with E-state index in [1.54, 1.807) is 13.8 Å². The van der Waals surface area contributed by atoms with Gasteiger partial charge in [0.1, 0.15) is 13.1 Å². The predicted octanol–water partition coefficient (Wildman–Crippen LogP) is 1.24. The second-order valence-corrected chi connectivity index (χ2v) is 7.85. The van der Waals surface area contributed by atoms with Crippen LogP contribution in [0.25, 0.3) is 0 Å². The number of amides is 4. The maximum atomic E-state index is 13.1. The number of ketones is 1. The summed E-state index contributed by atoms with van der Waals surface area (Å²) in [5.74, 6) is -4.86. The van der Waals surface area contributed by atoms with Gasteiger partial charge in [-0.1, -0.05) is 12.1 Å². The summed E-state index contributed by atoms with van der Waals surface area (Å²) < 4.78 is 9.59. The van der Waals surface area contributed by atoms with Crippen molar-refractivity contribution >= 4 is 41.4 Å². The summed E-state index contributed by atoms with van der Waals surface area (Å²) in [5.41, 5.74) is 0.141. The third-order valence-corrected chi connectivity index (χ3v) is 5.65. The first kappa shape index (κ1) is 24.5. The van der Waals surface area contributed by atoms with Crippen molar-refractivity contribution in [1.82, 2.24) is 9.80 Å². The van der Waals surface area contributed by atoms with Crippen LogP contribution in [-0.4, -0.2) is 77.5 Å². The summed E-state index contributed by atoms with van der Waals surface area (Å²) in [6.07, 6.45) is 0. The second-order valence-electron chi connectivity index (χ2n) is 7.85. The molecule has 0 aromatic heterocycles. The number of carbonyl (C=O) groups is 7. The van der Waals surface area contributed by atoms with Crippen LogP contribution in [0.15, 0.2) is 36.4 Å². The van der Waals surface area contributed by atoms with Gasteiger partial charge in [-0.3, -0.25) is 43.4 Å². The number of hydrogen-bond acceptors (Lipinski definition) is 9. The minimum absolute atomic E-state index is 0.0387. The van der Waals surface area contributed by atoms with E-state index in [1.807, 2.05) is 0 Å². The molecule has 36 heavy (non-hydrogen) atoms. The molecule has 11 heteroatoms. The first-order valence-corrected chi connectivity index (χ1v) is 11.0. The van der Waals surface area contributed by atoms with Gasteiger partial charge in [0, 0.05) is 11.1 Å². The van der Waals surface area contributed by atoms with Gasteiger partial charge in [0.05, 0.1) is 35.5 Å². The van der Waals surface area contributed by atoms with E-state index >= 15 is 0 Å². The summed E-state index contributed by atoms with van der Waals surface area (Å²) in [5, 5.41) is 0. The number of nitrogens with zero attached hydrogens (tertiary/aromatic N) is 2. The molecule has 0 radical (unpaired) electrons. The van der Waals surface area contributed by atoms with E-state index in [0.29, 0.717) is 0 Å². The quantitative estimate of drug-likeness (QED) is 0.302. The third-order valence-electron chi connectivity index (χ3n) is 5.65. The molecule has 0 atom stereocenters. The van der Waals surface area contributed by atoms with Gasteiger partial charge in [0.25, 0.3) is 23.6 Å². The Labute approximate surface area is 204 Å². The maximum Gasteiger partial charge on any atom is 0.326 e. The average Bonchev–Trinajstić information content (AvgIpc) is 3.23. The van der Waals surface area contributed by atoms with Crippen LogP contribution < -0.4 is 0 Å². The Hall–Kier alpha value is -4.67. The predicted molar refractivity (Wildman–Crippen MR) is 120 cm³/mol. The Morgan fingerprint density at radius 2 is 0.972 bits per heavy atom. The summed E-state index contributed by atoms with van der Waals surface area (Å²) >= 11 is 0. The van der Waals surface area contributed by atoms with Crippen molar-refractivity contribution in [2.24, 2.45) is 0 Å². The van der Waals surface area contributed by atoms with Crippen LogP contribution in [0.4, 0.5) is 0 Å². The van der Waals surface area contributed by atoms with Crippen LogP contribution in [0.5, 0.6) is 0 Å². The van der Waals surface area contributed by atoms with Crippen LogP contribution in [0.2, 0.25) is 0 Å². The highest BCUT2D eigenvalue weighted by Gasteiger charge is 2.39. The molecule has 2 aliphatic rings. The zero-order valence-electron chi connectivity index (χ0n) is 19.4. The topological polar surface area (TPSA) is 144 Å². The molecular weight excluding hydrogens is 472 g/mol. The maximum absolute atomic E-state index is 13.1. The molecule has 2 heterocycles. The summed E-state index contributed by atoms with van der Waals surface area (Å²) in [4.78, 5) is 88.7. The minimum Gasteiger partial charge on any atom is -0.465 e. The number of fused-ring (bicyclic) bond motifs is 2. The number of imide groups is 2. The van der Waals surface area contributed by atoms with Gasteiger partial charge < -0.3 is 9.47 Å². The average molecular weight is 492 g/mol. The highest BCUT2D eigenvalue weighted by atomic mass is 16.5. The van der Waals surface area contributed by atoms with Crippen molar-refractivity contribution in [3.8, 4) is 0 Å². The summed E-state index contributed by atoms with van der Waals surface area (Å²) in [7, 11) is 0. The molecule has 0 N–H and O–H groups in total. The molecule has 0 aliphatic carbocycles. The number of hydrogen-bond donors (Lipinski definition) is 0. The van der Waals surface area contributed by atoms with Gasteiger partial charge in [-0.2, -0.15) is 0 Å². The molecule has 0 bridgehead atoms. The van der Waals surface area contributed by atoms with Gasteiger partial charge in [0.15, 0.2) is 5.78 Å². The van der Waals surface area contributed by atoms with E-state index in [4.69, 9.17) is 9.47 Å². The van der Waals surface area contributed by atoms with Crippen LogP contribution in [0.3, 0.4) is 0 Å². The van der Waals surface area contributed by atoms with Gasteiger partial charge in [0.2, 0.25) is 0 Å². The summed E-state index contributed by atoms with van der Waals surface area (Å²) in [6.45, 7) is 2.28. The zero-order chi connectivity index (χ0) is 26.1. The number of rotatable bonds is 8. The molecule has 11 nitrogen and oxygen atoms in total. The fourth-order valence-corrected chi connectivity index (χ4v) is 3.99. The van der Waals surface area contributed by atoms with Crippen molar-refractivity contribution in [2.45, 2.75) is 13.8 Å². The van der Waals surface area contributed by atoms with Gasteiger partial charge in [-0.05, 0) is 38.1 Å². The normalized spacial score (nSPS) is 14.2. The third kappa shape index (κ3) is 4.15. The molecular formula is C25H20N2O9. The Morgan fingerprint density at radius 1 is 0.611 bits per heavy atom. The molecule has 4 amide bonds. The first-order chi connectivity index (χ1) is 17.2. The van der Waals surface area contributed by atoms with Gasteiger partial charge in [-0.25, -0.2) is 0 Å². The van der Waals surface area contributed by atoms with Gasteiger partial charge >= 0.3 is 11.9 Å². The lowest BCUT2D eigenvalue weighted by atomic mass is 9.96. The molecule has 0 fully saturated rings. The number of benzene rings is 2. The number of esters is 2. The highest BCUT2D eigenvalue weighted by Crippen LogP contribution is 2.28. The van der Waals surface area contributed by atoms with Crippen molar-refractivity contribution in [3.63, 3.8) is 0 Å². The van der Waals surface area contributed by atoms with E-state index in [2.05, 4.69) is 0 Å². The number of ether oxygens (including phenoxy) is 2. The lowest BCUT2D eigenvalue weighted by molar-refractivity contribution is -0.144. The van der Waals surface area contributed by atoms with Crippen LogP contribution in [-0.2, 0) is 19.1 Å². The molecule has 2 aliphatic heterocycles. The van der Waals surface area contributed by atoms with Crippen molar-refractivity contribution < 1.29 is 43.0 Å². The molecule has 0 saturated carbocycles. The van der Waals surface area contributed by atoms with E-state index in [9.17, 15) is 33.6 Å². The van der Waals surface area contributed by atoms with E-state index < -0.39 is 54.4 Å². The molecule has 0 saturated heterocycles.